The van der Waals surface area contributed by atoms with E-state index < -0.39 is 35.9 Å². The van der Waals surface area contributed by atoms with Gasteiger partial charge in [0.05, 0.1) is 6.61 Å². The maximum Gasteiger partial charge on any atom is 0.402 e. The average molecular weight is 313 g/mol. The molecule has 0 fully saturated rings. The van der Waals surface area contributed by atoms with Gasteiger partial charge in [0.25, 0.3) is 0 Å². The highest BCUT2D eigenvalue weighted by Gasteiger charge is 2.37. The normalized spacial score (nSPS) is 12.7. The Labute approximate surface area is 114 Å². The molecule has 0 saturated heterocycles. The van der Waals surface area contributed by atoms with E-state index in [0.717, 1.165) is 6.07 Å². The van der Waals surface area contributed by atoms with E-state index in [1.807, 2.05) is 0 Å². The van der Waals surface area contributed by atoms with Crippen LogP contribution in [0.3, 0.4) is 0 Å². The quantitative estimate of drug-likeness (QED) is 0.806. The third kappa shape index (κ3) is 4.05. The first kappa shape index (κ1) is 16.7. The number of aromatic nitrogens is 1. The number of nitrogens with zero attached hydrogens (tertiary/aromatic N) is 2. The summed E-state index contributed by atoms with van der Waals surface area (Å²) in [5, 5.41) is 11.3. The molecular weight excluding hydrogens is 299 g/mol. The van der Waals surface area contributed by atoms with Gasteiger partial charge in [-0.05, 0) is 12.1 Å². The molecule has 0 radical (unpaired) electrons. The summed E-state index contributed by atoms with van der Waals surface area (Å²) >= 11 is 0. The number of nitrogens with one attached hydrogen (secondary N) is 1. The lowest BCUT2D eigenvalue weighted by molar-refractivity contribution is -0.136. The molecule has 0 bridgehead atoms. The van der Waals surface area contributed by atoms with Gasteiger partial charge in [0, 0.05) is 19.8 Å². The van der Waals surface area contributed by atoms with E-state index in [1.54, 1.807) is 0 Å². The second kappa shape index (κ2) is 6.37. The van der Waals surface area contributed by atoms with Crippen molar-refractivity contribution in [3.05, 3.63) is 18.3 Å². The zero-order valence-corrected chi connectivity index (χ0v) is 11.4. The maximum absolute atomic E-state index is 12.4. The summed E-state index contributed by atoms with van der Waals surface area (Å²) in [5.74, 6) is -0.0578. The van der Waals surface area contributed by atoms with Crippen LogP contribution >= 0.6 is 0 Å². The SMILES string of the molecule is CNc1ncccc1S(=O)(=O)N(CCO)CC(F)(F)F. The third-order valence-corrected chi connectivity index (χ3v) is 4.21. The summed E-state index contributed by atoms with van der Waals surface area (Å²) in [6.45, 7) is -3.04. The average Bonchev–Trinajstić information content (AvgIpc) is 2.36. The lowest BCUT2D eigenvalue weighted by atomic mass is 10.5. The highest BCUT2D eigenvalue weighted by molar-refractivity contribution is 7.89. The molecule has 1 heterocycles. The standard InChI is InChI=1S/C10H14F3N3O3S/c1-14-9-8(3-2-4-15-9)20(18,19)16(5-6-17)7-10(11,12)13/h2-4,17H,5-7H2,1H3,(H,14,15). The van der Waals surface area contributed by atoms with Gasteiger partial charge in [-0.3, -0.25) is 0 Å². The molecule has 0 unspecified atom stereocenters. The molecule has 0 saturated carbocycles. The number of pyridine rings is 1. The van der Waals surface area contributed by atoms with Crippen molar-refractivity contribution in [1.29, 1.82) is 0 Å². The van der Waals surface area contributed by atoms with Gasteiger partial charge in [-0.1, -0.05) is 0 Å². The van der Waals surface area contributed by atoms with Crippen molar-refractivity contribution in [3.8, 4) is 0 Å². The monoisotopic (exact) mass is 313 g/mol. The first-order valence-electron chi connectivity index (χ1n) is 5.53. The highest BCUT2D eigenvalue weighted by atomic mass is 32.2. The molecule has 0 aliphatic rings. The molecule has 0 atom stereocenters. The van der Waals surface area contributed by atoms with Gasteiger partial charge in [-0.2, -0.15) is 17.5 Å². The van der Waals surface area contributed by atoms with Crippen molar-refractivity contribution in [3.63, 3.8) is 0 Å². The van der Waals surface area contributed by atoms with E-state index in [-0.39, 0.29) is 15.0 Å². The minimum Gasteiger partial charge on any atom is -0.395 e. The summed E-state index contributed by atoms with van der Waals surface area (Å²) < 4.78 is 61.9. The zero-order chi connectivity index (χ0) is 15.4. The predicted molar refractivity (Wildman–Crippen MR) is 65.7 cm³/mol. The predicted octanol–water partition coefficient (Wildman–Crippen LogP) is 0.669. The number of aliphatic hydroxyl groups excluding tert-OH is 1. The van der Waals surface area contributed by atoms with Gasteiger partial charge in [-0.15, -0.1) is 0 Å². The number of anilines is 1. The Morgan fingerprint density at radius 3 is 2.60 bits per heavy atom. The van der Waals surface area contributed by atoms with Gasteiger partial charge in [0.2, 0.25) is 10.0 Å². The second-order valence-electron chi connectivity index (χ2n) is 3.78. The minimum absolute atomic E-state index is 0.0578. The van der Waals surface area contributed by atoms with Crippen molar-refractivity contribution < 1.29 is 26.7 Å². The van der Waals surface area contributed by atoms with Crippen LogP contribution < -0.4 is 5.32 Å². The molecule has 0 aliphatic heterocycles. The molecular formula is C10H14F3N3O3S. The molecule has 20 heavy (non-hydrogen) atoms. The molecule has 0 amide bonds. The van der Waals surface area contributed by atoms with Gasteiger partial charge in [0.15, 0.2) is 0 Å². The lowest BCUT2D eigenvalue weighted by Gasteiger charge is -2.23. The van der Waals surface area contributed by atoms with E-state index in [0.29, 0.717) is 0 Å². The van der Waals surface area contributed by atoms with Crippen molar-refractivity contribution >= 4 is 15.8 Å². The summed E-state index contributed by atoms with van der Waals surface area (Å²) in [6.07, 6.45) is -3.39. The Bertz CT molecular complexity index is 548. The Morgan fingerprint density at radius 1 is 1.45 bits per heavy atom. The Morgan fingerprint density at radius 2 is 2.10 bits per heavy atom. The highest BCUT2D eigenvalue weighted by Crippen LogP contribution is 2.25. The lowest BCUT2D eigenvalue weighted by Crippen LogP contribution is -2.40. The van der Waals surface area contributed by atoms with Gasteiger partial charge in [0.1, 0.15) is 17.3 Å². The van der Waals surface area contributed by atoms with Crippen LogP contribution in [0.25, 0.3) is 0 Å². The molecule has 0 aliphatic carbocycles. The molecule has 0 spiro atoms. The molecule has 1 rings (SSSR count). The number of hydrogen-bond acceptors (Lipinski definition) is 5. The fourth-order valence-corrected chi connectivity index (χ4v) is 3.09. The smallest absolute Gasteiger partial charge is 0.395 e. The van der Waals surface area contributed by atoms with Gasteiger partial charge < -0.3 is 10.4 Å². The zero-order valence-electron chi connectivity index (χ0n) is 10.6. The molecule has 6 nitrogen and oxygen atoms in total. The number of rotatable bonds is 6. The van der Waals surface area contributed by atoms with Crippen LogP contribution in [0.1, 0.15) is 0 Å². The Balaban J connectivity index is 3.22. The second-order valence-corrected chi connectivity index (χ2v) is 5.68. The van der Waals surface area contributed by atoms with E-state index >= 15 is 0 Å². The van der Waals surface area contributed by atoms with Crippen LogP contribution in [0.15, 0.2) is 23.2 Å². The van der Waals surface area contributed by atoms with Gasteiger partial charge >= 0.3 is 6.18 Å². The van der Waals surface area contributed by atoms with E-state index in [9.17, 15) is 21.6 Å². The Kier molecular flexibility index (Phi) is 5.31. The molecule has 0 aromatic carbocycles. The summed E-state index contributed by atoms with van der Waals surface area (Å²) in [7, 11) is -3.01. The fraction of sp³-hybridized carbons (Fsp3) is 0.500. The summed E-state index contributed by atoms with van der Waals surface area (Å²) in [4.78, 5) is 3.37. The number of halogens is 3. The molecule has 1 aromatic rings. The van der Waals surface area contributed by atoms with E-state index in [4.69, 9.17) is 5.11 Å². The number of aliphatic hydroxyl groups is 1. The van der Waals surface area contributed by atoms with Crippen LogP contribution in [-0.2, 0) is 10.0 Å². The van der Waals surface area contributed by atoms with Crippen LogP contribution in [0, 0.1) is 0 Å². The van der Waals surface area contributed by atoms with Crippen molar-refractivity contribution in [2.45, 2.75) is 11.1 Å². The summed E-state index contributed by atoms with van der Waals surface area (Å²) in [5.41, 5.74) is 0. The third-order valence-electron chi connectivity index (χ3n) is 2.33. The first-order chi connectivity index (χ1) is 9.22. The van der Waals surface area contributed by atoms with Crippen LogP contribution in [0.2, 0.25) is 0 Å². The molecule has 2 N–H and O–H groups in total. The summed E-state index contributed by atoms with van der Waals surface area (Å²) in [6, 6.07) is 2.45. The van der Waals surface area contributed by atoms with Crippen molar-refractivity contribution in [2.24, 2.45) is 0 Å². The molecule has 10 heteroatoms. The van der Waals surface area contributed by atoms with E-state index in [1.165, 1.54) is 19.3 Å². The number of hydrogen-bond donors (Lipinski definition) is 2. The van der Waals surface area contributed by atoms with Crippen molar-refractivity contribution in [2.75, 3.05) is 32.1 Å². The topological polar surface area (TPSA) is 82.5 Å². The fourth-order valence-electron chi connectivity index (χ4n) is 1.52. The minimum atomic E-state index is -4.70. The first-order valence-corrected chi connectivity index (χ1v) is 6.97. The maximum atomic E-state index is 12.4. The van der Waals surface area contributed by atoms with E-state index in [2.05, 4.69) is 10.3 Å². The van der Waals surface area contributed by atoms with Crippen LogP contribution in [-0.4, -0.2) is 55.7 Å². The number of sulfonamides is 1. The molecule has 114 valence electrons. The Hall–Kier alpha value is -1.39. The largest absolute Gasteiger partial charge is 0.402 e. The van der Waals surface area contributed by atoms with Crippen LogP contribution in [0.5, 0.6) is 0 Å². The van der Waals surface area contributed by atoms with Crippen molar-refractivity contribution in [1.82, 2.24) is 9.29 Å². The van der Waals surface area contributed by atoms with Crippen LogP contribution in [0.4, 0.5) is 19.0 Å². The number of alkyl halides is 3. The molecule has 1 aromatic heterocycles. The van der Waals surface area contributed by atoms with Gasteiger partial charge in [-0.25, -0.2) is 13.4 Å².